The van der Waals surface area contributed by atoms with Gasteiger partial charge in [0.25, 0.3) is 0 Å². The van der Waals surface area contributed by atoms with Crippen LogP contribution in [0, 0.1) is 13.8 Å². The van der Waals surface area contributed by atoms with E-state index in [1.54, 1.807) is 0 Å². The summed E-state index contributed by atoms with van der Waals surface area (Å²) in [7, 11) is 0. The van der Waals surface area contributed by atoms with Gasteiger partial charge < -0.3 is 10.6 Å². The van der Waals surface area contributed by atoms with E-state index in [4.69, 9.17) is 12.2 Å². The zero-order valence-corrected chi connectivity index (χ0v) is 15.6. The Bertz CT molecular complexity index is 830. The van der Waals surface area contributed by atoms with Crippen molar-refractivity contribution < 1.29 is 4.79 Å². The molecule has 0 unspecified atom stereocenters. The number of thiocarbonyl (C=S) groups is 1. The molecule has 25 heavy (non-hydrogen) atoms. The fourth-order valence-corrected chi connectivity index (χ4v) is 2.42. The van der Waals surface area contributed by atoms with Crippen LogP contribution < -0.4 is 16.1 Å². The summed E-state index contributed by atoms with van der Waals surface area (Å²) in [5.74, 6) is -0.108. The molecule has 0 bridgehead atoms. The van der Waals surface area contributed by atoms with E-state index in [1.165, 1.54) is 12.5 Å². The van der Waals surface area contributed by atoms with Gasteiger partial charge in [0, 0.05) is 18.3 Å². The molecule has 2 rings (SSSR count). The van der Waals surface area contributed by atoms with E-state index >= 15 is 0 Å². The highest BCUT2D eigenvalue weighted by atomic mass is 32.1. The first-order valence-corrected chi connectivity index (χ1v) is 8.33. The van der Waals surface area contributed by atoms with Gasteiger partial charge in [-0.15, -0.1) is 0 Å². The first kappa shape index (κ1) is 18.6. The van der Waals surface area contributed by atoms with Gasteiger partial charge in [0.2, 0.25) is 5.91 Å². The van der Waals surface area contributed by atoms with Gasteiger partial charge in [0.1, 0.15) is 0 Å². The molecular formula is C19H22N4OS. The predicted octanol–water partition coefficient (Wildman–Crippen LogP) is 3.97. The molecule has 130 valence electrons. The number of nitrogens with zero attached hydrogens (tertiary/aromatic N) is 1. The van der Waals surface area contributed by atoms with Crippen molar-refractivity contribution in [3.8, 4) is 0 Å². The molecule has 0 aliphatic carbocycles. The van der Waals surface area contributed by atoms with Crippen molar-refractivity contribution in [3.05, 3.63) is 59.2 Å². The Balaban J connectivity index is 2.04. The van der Waals surface area contributed by atoms with Gasteiger partial charge in [-0.1, -0.05) is 24.3 Å². The summed E-state index contributed by atoms with van der Waals surface area (Å²) in [6, 6.07) is 13.5. The highest BCUT2D eigenvalue weighted by Crippen LogP contribution is 2.17. The number of aryl methyl sites for hydroxylation is 1. The maximum absolute atomic E-state index is 11.2. The molecule has 0 saturated heterocycles. The summed E-state index contributed by atoms with van der Waals surface area (Å²) >= 11 is 5.30. The first-order chi connectivity index (χ1) is 11.9. The van der Waals surface area contributed by atoms with Crippen LogP contribution in [0.25, 0.3) is 0 Å². The molecule has 0 atom stereocenters. The summed E-state index contributed by atoms with van der Waals surface area (Å²) in [5, 5.41) is 10.6. The highest BCUT2D eigenvalue weighted by Gasteiger charge is 2.04. The van der Waals surface area contributed by atoms with Gasteiger partial charge in [-0.25, -0.2) is 0 Å². The van der Waals surface area contributed by atoms with Gasteiger partial charge in [-0.05, 0) is 67.9 Å². The number of hydrazone groups is 1. The van der Waals surface area contributed by atoms with Gasteiger partial charge in [0.15, 0.2) is 5.11 Å². The maximum Gasteiger partial charge on any atom is 0.221 e. The van der Waals surface area contributed by atoms with E-state index < -0.39 is 0 Å². The van der Waals surface area contributed by atoms with E-state index in [1.807, 2.05) is 50.2 Å². The van der Waals surface area contributed by atoms with Crippen LogP contribution in [0.5, 0.6) is 0 Å². The topological polar surface area (TPSA) is 65.5 Å². The van der Waals surface area contributed by atoms with Crippen molar-refractivity contribution in [2.45, 2.75) is 27.7 Å². The van der Waals surface area contributed by atoms with E-state index in [0.717, 1.165) is 28.2 Å². The van der Waals surface area contributed by atoms with Crippen LogP contribution in [0.3, 0.4) is 0 Å². The lowest BCUT2D eigenvalue weighted by Gasteiger charge is -2.12. The largest absolute Gasteiger partial charge is 0.331 e. The monoisotopic (exact) mass is 354 g/mol. The molecule has 0 aromatic heterocycles. The number of carbonyl (C=O) groups is 1. The Hall–Kier alpha value is -2.73. The minimum atomic E-state index is -0.108. The molecule has 0 heterocycles. The molecule has 0 aliphatic rings. The van der Waals surface area contributed by atoms with Gasteiger partial charge >= 0.3 is 0 Å². The van der Waals surface area contributed by atoms with Crippen molar-refractivity contribution >= 4 is 40.3 Å². The van der Waals surface area contributed by atoms with E-state index in [0.29, 0.717) is 5.11 Å². The fraction of sp³-hybridized carbons (Fsp3) is 0.211. The number of carbonyl (C=O) groups excluding carboxylic acids is 1. The summed E-state index contributed by atoms with van der Waals surface area (Å²) < 4.78 is 0. The molecule has 0 radical (unpaired) electrons. The molecule has 0 aliphatic heterocycles. The molecule has 2 aromatic rings. The Morgan fingerprint density at radius 3 is 2.48 bits per heavy atom. The summed E-state index contributed by atoms with van der Waals surface area (Å²) in [4.78, 5) is 11.2. The Morgan fingerprint density at radius 1 is 1.04 bits per heavy atom. The maximum atomic E-state index is 11.2. The zero-order valence-electron chi connectivity index (χ0n) is 14.8. The van der Waals surface area contributed by atoms with Crippen LogP contribution in [0.2, 0.25) is 0 Å². The van der Waals surface area contributed by atoms with Crippen molar-refractivity contribution in [2.24, 2.45) is 5.10 Å². The normalized spacial score (nSPS) is 11.0. The average Bonchev–Trinajstić information content (AvgIpc) is 2.56. The minimum absolute atomic E-state index is 0.108. The second kappa shape index (κ2) is 8.39. The van der Waals surface area contributed by atoms with Crippen LogP contribution >= 0.6 is 12.2 Å². The molecule has 3 N–H and O–H groups in total. The molecule has 6 heteroatoms. The lowest BCUT2D eigenvalue weighted by molar-refractivity contribution is -0.114. The zero-order chi connectivity index (χ0) is 18.4. The smallest absolute Gasteiger partial charge is 0.221 e. The van der Waals surface area contributed by atoms with E-state index in [-0.39, 0.29) is 5.91 Å². The molecule has 1 amide bonds. The summed E-state index contributed by atoms with van der Waals surface area (Å²) in [6.45, 7) is 7.46. The van der Waals surface area contributed by atoms with Crippen LogP contribution in [-0.2, 0) is 4.79 Å². The van der Waals surface area contributed by atoms with Gasteiger partial charge in [0.05, 0.1) is 5.71 Å². The van der Waals surface area contributed by atoms with Gasteiger partial charge in [-0.3, -0.25) is 10.2 Å². The average molecular weight is 354 g/mol. The highest BCUT2D eigenvalue weighted by molar-refractivity contribution is 7.80. The minimum Gasteiger partial charge on any atom is -0.331 e. The van der Waals surface area contributed by atoms with Crippen molar-refractivity contribution in [1.29, 1.82) is 0 Å². The molecule has 0 saturated carbocycles. The van der Waals surface area contributed by atoms with Crippen molar-refractivity contribution in [3.63, 3.8) is 0 Å². The van der Waals surface area contributed by atoms with Crippen LogP contribution in [0.15, 0.2) is 47.6 Å². The Kier molecular flexibility index (Phi) is 6.25. The molecule has 2 aromatic carbocycles. The van der Waals surface area contributed by atoms with Crippen LogP contribution in [0.1, 0.15) is 30.5 Å². The van der Waals surface area contributed by atoms with Crippen molar-refractivity contribution in [1.82, 2.24) is 5.43 Å². The van der Waals surface area contributed by atoms with E-state index in [2.05, 4.69) is 34.2 Å². The predicted molar refractivity (Wildman–Crippen MR) is 108 cm³/mol. The molecule has 0 fully saturated rings. The third-order valence-corrected chi connectivity index (χ3v) is 3.97. The number of amides is 1. The third-order valence-electron chi connectivity index (χ3n) is 3.78. The van der Waals surface area contributed by atoms with Crippen LogP contribution in [-0.4, -0.2) is 16.7 Å². The number of benzene rings is 2. The van der Waals surface area contributed by atoms with Crippen LogP contribution in [0.4, 0.5) is 11.4 Å². The second-order valence-corrected chi connectivity index (χ2v) is 6.18. The Morgan fingerprint density at radius 2 is 1.76 bits per heavy atom. The number of hydrogen-bond acceptors (Lipinski definition) is 3. The molecule has 5 nitrogen and oxygen atoms in total. The number of rotatable bonds is 4. The Labute approximate surface area is 153 Å². The first-order valence-electron chi connectivity index (χ1n) is 7.92. The lowest BCUT2D eigenvalue weighted by atomic mass is 10.1. The standard InChI is InChI=1S/C19H22N4OS/c1-12-7-5-10-18(13(12)2)21-19(25)23-22-14(3)16-8-6-9-17(11-16)20-15(4)24/h5-11H,1-4H3,(H,20,24)(H2,21,23,25)/b22-14-. The SMILES string of the molecule is CC(=O)Nc1cccc(/C(C)=N\NC(=S)Nc2cccc(C)c2C)c1. The quantitative estimate of drug-likeness (QED) is 0.441. The van der Waals surface area contributed by atoms with Crippen molar-refractivity contribution in [2.75, 3.05) is 10.6 Å². The van der Waals surface area contributed by atoms with E-state index in [9.17, 15) is 4.79 Å². The van der Waals surface area contributed by atoms with Gasteiger partial charge in [-0.2, -0.15) is 5.10 Å². The molecule has 0 spiro atoms. The number of nitrogens with one attached hydrogen (secondary N) is 3. The second-order valence-electron chi connectivity index (χ2n) is 5.77. The molecular weight excluding hydrogens is 332 g/mol. The summed E-state index contributed by atoms with van der Waals surface area (Å²) in [6.07, 6.45) is 0. The number of hydrogen-bond donors (Lipinski definition) is 3. The fourth-order valence-electron chi connectivity index (χ4n) is 2.26. The summed E-state index contributed by atoms with van der Waals surface area (Å²) in [5.41, 5.74) is 8.55. The third kappa shape index (κ3) is 5.39. The number of anilines is 2. The lowest BCUT2D eigenvalue weighted by Crippen LogP contribution is -2.25.